The first kappa shape index (κ1) is 65.2. The van der Waals surface area contributed by atoms with Gasteiger partial charge in [0.2, 0.25) is 20.0 Å². The molecule has 0 saturated carbocycles. The van der Waals surface area contributed by atoms with Crippen molar-refractivity contribution in [3.8, 4) is 0 Å². The minimum Gasteiger partial charge on any atom is -0.481 e. The molecule has 24 nitrogen and oxygen atoms in total. The highest BCUT2D eigenvalue weighted by Gasteiger charge is 2.42. The first-order valence-electron chi connectivity index (χ1n) is 24.9. The van der Waals surface area contributed by atoms with Crippen LogP contribution in [0, 0.1) is 0 Å². The maximum Gasteiger partial charge on any atom is 0.303 e. The number of anilines is 1. The average molecular weight is 1270 g/mol. The van der Waals surface area contributed by atoms with Gasteiger partial charge in [-0.2, -0.15) is 42.1 Å². The minimum absolute atomic E-state index is 0.00287. The van der Waals surface area contributed by atoms with Gasteiger partial charge in [0.1, 0.15) is 0 Å². The standard InChI is InChI=1S/C50H63N3O21S7/c1-49(2)34(18-17-33(13-10-12-26-75(56,57)58)37-19-20-38-40(47(37)49)29-35(80(69,70)71)31-43(38)78(65,66)51-23-27-76(59,60)61)14-7-5-8-15-45-50(3,4)48-41-30-36(81(72,73)74)32-44(79(67,68)52-24-28-77(62,63)64)39(41)21-22-42(48)53(45)25-11-6-9-16-46(54)55/h5,7-8,14-15,18-22,29-33,51-52H,6,9-13,16-17,23-28H2,1-4H3,(H,54,55)(H,56,57,58)(H,59,60,61)(H,62,63,64)(H,69,70,71)(H,72,73,74). The van der Waals surface area contributed by atoms with Crippen LogP contribution in [0.1, 0.15) is 102 Å². The van der Waals surface area contributed by atoms with E-state index in [1.807, 2.05) is 11.0 Å². The molecule has 1 unspecified atom stereocenters. The van der Waals surface area contributed by atoms with Crippen LogP contribution in [0.15, 0.2) is 116 Å². The second-order valence-corrected chi connectivity index (χ2v) is 31.6. The number of rotatable bonds is 26. The Morgan fingerprint density at radius 1 is 0.593 bits per heavy atom. The molecule has 0 amide bonds. The Morgan fingerprint density at radius 2 is 1.11 bits per heavy atom. The maximum atomic E-state index is 13.9. The Hall–Kier alpha value is -5.00. The molecule has 1 heterocycles. The summed E-state index contributed by atoms with van der Waals surface area (Å²) in [5.74, 6) is -3.92. The molecule has 4 aromatic rings. The number of nitrogens with one attached hydrogen (secondary N) is 2. The summed E-state index contributed by atoms with van der Waals surface area (Å²) < 4.78 is 228. The Labute approximate surface area is 472 Å². The highest BCUT2D eigenvalue weighted by Crippen LogP contribution is 2.52. The number of carbonyl (C=O) groups is 1. The largest absolute Gasteiger partial charge is 0.481 e. The zero-order valence-electron chi connectivity index (χ0n) is 44.2. The predicted molar refractivity (Wildman–Crippen MR) is 302 cm³/mol. The Morgan fingerprint density at radius 3 is 1.62 bits per heavy atom. The molecule has 1 atom stereocenters. The fourth-order valence-electron chi connectivity index (χ4n) is 10.4. The third kappa shape index (κ3) is 16.0. The van der Waals surface area contributed by atoms with Crippen molar-refractivity contribution < 1.29 is 91.6 Å². The zero-order chi connectivity index (χ0) is 60.5. The summed E-state index contributed by atoms with van der Waals surface area (Å²) in [6.45, 7) is 5.89. The molecule has 4 aromatic carbocycles. The van der Waals surface area contributed by atoms with Gasteiger partial charge in [-0.25, -0.2) is 26.3 Å². The fraction of sp³-hybridized carbons (Fsp3) is 0.420. The van der Waals surface area contributed by atoms with Crippen molar-refractivity contribution in [1.82, 2.24) is 9.44 Å². The Kier molecular flexibility index (Phi) is 19.5. The topological polar surface area (TPSA) is 405 Å². The summed E-state index contributed by atoms with van der Waals surface area (Å²) in [5, 5.41) is 9.43. The minimum atomic E-state index is -5.12. The lowest BCUT2D eigenvalue weighted by Gasteiger charge is -2.31. The van der Waals surface area contributed by atoms with Gasteiger partial charge in [-0.3, -0.25) is 27.6 Å². The number of hydrogen-bond acceptors (Lipinski definition) is 16. The summed E-state index contributed by atoms with van der Waals surface area (Å²) in [7, 11) is -33.2. The molecule has 8 N–H and O–H groups in total. The van der Waals surface area contributed by atoms with E-state index in [9.17, 15) is 91.6 Å². The molecular weight excluding hydrogens is 1200 g/mol. The summed E-state index contributed by atoms with van der Waals surface area (Å²) in [6, 6.07) is 9.82. The Bertz CT molecular complexity index is 4110. The van der Waals surface area contributed by atoms with Gasteiger partial charge in [-0.15, -0.1) is 0 Å². The molecule has 0 saturated heterocycles. The van der Waals surface area contributed by atoms with Crippen molar-refractivity contribution in [1.29, 1.82) is 0 Å². The summed E-state index contributed by atoms with van der Waals surface area (Å²) in [6.07, 6.45) is 12.7. The van der Waals surface area contributed by atoms with E-state index in [-0.39, 0.29) is 34.4 Å². The number of aliphatic carboxylic acids is 1. The molecule has 0 spiro atoms. The van der Waals surface area contributed by atoms with Gasteiger partial charge in [-0.05, 0) is 107 Å². The lowest BCUT2D eigenvalue weighted by Crippen LogP contribution is -2.29. The quantitative estimate of drug-likeness (QED) is 0.0203. The number of carboxylic acid groups (broad SMARTS) is 1. The summed E-state index contributed by atoms with van der Waals surface area (Å²) in [5.41, 5.74) is 1.04. The monoisotopic (exact) mass is 1270 g/mol. The van der Waals surface area contributed by atoms with Crippen molar-refractivity contribution in [2.75, 3.05) is 41.8 Å². The normalized spacial score (nSPS) is 17.7. The molecule has 1 aliphatic heterocycles. The summed E-state index contributed by atoms with van der Waals surface area (Å²) in [4.78, 5) is 10.4. The van der Waals surface area contributed by atoms with Crippen molar-refractivity contribution in [3.05, 3.63) is 113 Å². The average Bonchev–Trinajstić information content (AvgIpc) is 3.48. The van der Waals surface area contributed by atoms with Gasteiger partial charge < -0.3 is 10.0 Å². The molecule has 0 fully saturated rings. The van der Waals surface area contributed by atoms with Crippen LogP contribution in [-0.4, -0.2) is 130 Å². The third-order valence-corrected chi connectivity index (χ3v) is 21.0. The van der Waals surface area contributed by atoms with Crippen molar-refractivity contribution in [3.63, 3.8) is 0 Å². The van der Waals surface area contributed by atoms with Gasteiger partial charge in [0.15, 0.2) is 0 Å². The highest BCUT2D eigenvalue weighted by atomic mass is 32.2. The molecular formula is C50H63N3O21S7. The molecule has 1 aliphatic carbocycles. The smallest absolute Gasteiger partial charge is 0.303 e. The third-order valence-electron chi connectivity index (χ3n) is 14.1. The van der Waals surface area contributed by atoms with Crippen LogP contribution in [-0.2, 0) is 86.3 Å². The number of nitrogens with zero attached hydrogens (tertiary/aromatic N) is 1. The SMILES string of the molecule is CC1(C)C(C=CC=CC=C2N(CCCCCC(=O)O)c3ccc4c(S(=O)(=O)NCCS(=O)(=O)O)cc(S(=O)(=O)O)cc4c3C2(C)C)=CCC(CCCCS(=O)(=O)O)c2ccc3c(S(=O)(=O)NCCS(=O)(=O)O)cc(S(=O)(=O)O)cc3c21. The molecule has 81 heavy (non-hydrogen) atoms. The van der Waals surface area contributed by atoms with E-state index in [1.54, 1.807) is 70.2 Å². The second kappa shape index (κ2) is 24.3. The summed E-state index contributed by atoms with van der Waals surface area (Å²) >= 11 is 0. The van der Waals surface area contributed by atoms with Crippen molar-refractivity contribution >= 4 is 104 Å². The molecule has 31 heteroatoms. The van der Waals surface area contributed by atoms with Gasteiger partial charge in [0, 0.05) is 59.0 Å². The molecule has 0 aromatic heterocycles. The van der Waals surface area contributed by atoms with Gasteiger partial charge in [-0.1, -0.05) is 89.1 Å². The van der Waals surface area contributed by atoms with Crippen LogP contribution >= 0.6 is 0 Å². The molecule has 6 rings (SSSR count). The van der Waals surface area contributed by atoms with Crippen LogP contribution in [0.4, 0.5) is 5.69 Å². The van der Waals surface area contributed by atoms with E-state index in [1.165, 1.54) is 12.1 Å². The van der Waals surface area contributed by atoms with Crippen molar-refractivity contribution in [2.45, 2.75) is 115 Å². The fourth-order valence-corrected chi connectivity index (χ4v) is 15.7. The molecule has 2 aliphatic rings. The lowest BCUT2D eigenvalue weighted by molar-refractivity contribution is -0.137. The van der Waals surface area contributed by atoms with E-state index < -0.39 is 143 Å². The highest BCUT2D eigenvalue weighted by molar-refractivity contribution is 7.90. The zero-order valence-corrected chi connectivity index (χ0v) is 49.9. The number of unbranched alkanes of at least 4 members (excludes halogenated alkanes) is 3. The van der Waals surface area contributed by atoms with Crippen LogP contribution < -0.4 is 14.3 Å². The number of fused-ring (bicyclic) bond motifs is 6. The number of hydrogen-bond donors (Lipinski definition) is 8. The second-order valence-electron chi connectivity index (χ2n) is 20.6. The van der Waals surface area contributed by atoms with E-state index >= 15 is 0 Å². The van der Waals surface area contributed by atoms with Crippen LogP contribution in [0.25, 0.3) is 21.5 Å². The number of benzene rings is 4. The van der Waals surface area contributed by atoms with E-state index in [2.05, 4.69) is 9.44 Å². The van der Waals surface area contributed by atoms with Gasteiger partial charge in [0.05, 0.1) is 36.8 Å². The predicted octanol–water partition coefficient (Wildman–Crippen LogP) is 6.01. The first-order valence-corrected chi connectivity index (χ1v) is 35.6. The van der Waals surface area contributed by atoms with Crippen LogP contribution in [0.3, 0.4) is 0 Å². The lowest BCUT2D eigenvalue weighted by atomic mass is 9.73. The number of sulfonamides is 2. The number of allylic oxidation sites excluding steroid dienone is 8. The van der Waals surface area contributed by atoms with E-state index in [0.717, 1.165) is 24.3 Å². The maximum absolute atomic E-state index is 13.9. The van der Waals surface area contributed by atoms with Crippen LogP contribution in [0.2, 0.25) is 0 Å². The van der Waals surface area contributed by atoms with Crippen LogP contribution in [0.5, 0.6) is 0 Å². The van der Waals surface area contributed by atoms with Gasteiger partial charge >= 0.3 is 5.97 Å². The van der Waals surface area contributed by atoms with Crippen molar-refractivity contribution in [2.24, 2.45) is 0 Å². The van der Waals surface area contributed by atoms with E-state index in [4.69, 9.17) is 0 Å². The number of carboxylic acids is 1. The first-order chi connectivity index (χ1) is 37.2. The Balaban J connectivity index is 1.48. The van der Waals surface area contributed by atoms with E-state index in [0.29, 0.717) is 78.7 Å². The molecule has 0 radical (unpaired) electrons. The molecule has 446 valence electrons. The molecule has 0 bridgehead atoms. The van der Waals surface area contributed by atoms with Gasteiger partial charge in [0.25, 0.3) is 50.6 Å².